The van der Waals surface area contributed by atoms with Gasteiger partial charge in [0.05, 0.1) is 24.5 Å². The van der Waals surface area contributed by atoms with Crippen molar-refractivity contribution in [1.29, 1.82) is 0 Å². The molecule has 0 aliphatic heterocycles. The molecule has 7 aromatic rings. The number of ether oxygens (including phenoxy) is 1. The molecule has 5 heterocycles. The van der Waals surface area contributed by atoms with Crippen LogP contribution in [0.1, 0.15) is 26.3 Å². The number of benzene rings is 2. The van der Waals surface area contributed by atoms with Crippen LogP contribution in [0.25, 0.3) is 44.7 Å². The lowest BCUT2D eigenvalue weighted by Gasteiger charge is -2.19. The Kier molecular flexibility index (Phi) is 5.46. The van der Waals surface area contributed by atoms with E-state index in [2.05, 4.69) is 91.7 Å². The third-order valence-electron chi connectivity index (χ3n) is 7.43. The van der Waals surface area contributed by atoms with E-state index in [0.29, 0.717) is 0 Å². The van der Waals surface area contributed by atoms with Crippen molar-refractivity contribution < 1.29 is 9.14 Å². The Bertz CT molecular complexity index is 2040. The number of pyridine rings is 3. The Morgan fingerprint density at radius 2 is 1.68 bits per heavy atom. The molecule has 0 unspecified atom stereocenters. The third kappa shape index (κ3) is 4.00. The maximum atomic E-state index is 6.44. The molecule has 0 atom stereocenters. The van der Waals surface area contributed by atoms with E-state index in [1.165, 1.54) is 5.56 Å². The summed E-state index contributed by atoms with van der Waals surface area (Å²) in [5.41, 5.74) is 6.19. The first-order chi connectivity index (χ1) is 19.4. The van der Waals surface area contributed by atoms with Gasteiger partial charge < -0.3 is 9.14 Å². The molecule has 0 N–H and O–H groups in total. The number of fused-ring (bicyclic) bond motifs is 4. The molecule has 196 valence electrons. The normalized spacial score (nSPS) is 12.0. The summed E-state index contributed by atoms with van der Waals surface area (Å²) >= 11 is 0. The minimum atomic E-state index is 0.00327. The van der Waals surface area contributed by atoms with Crippen molar-refractivity contribution in [3.63, 3.8) is 0 Å². The second-order valence-electron chi connectivity index (χ2n) is 11.1. The van der Waals surface area contributed by atoms with Crippen LogP contribution in [-0.4, -0.2) is 19.1 Å². The van der Waals surface area contributed by atoms with E-state index in [1.807, 2.05) is 59.4 Å². The van der Waals surface area contributed by atoms with Crippen molar-refractivity contribution in [3.8, 4) is 28.6 Å². The quantitative estimate of drug-likeness (QED) is 0.181. The van der Waals surface area contributed by atoms with Crippen LogP contribution in [0, 0.1) is 6.20 Å². The van der Waals surface area contributed by atoms with Crippen molar-refractivity contribution in [2.45, 2.75) is 26.2 Å². The highest BCUT2D eigenvalue weighted by molar-refractivity contribution is 6.08. The maximum Gasteiger partial charge on any atom is 0.205 e. The zero-order chi connectivity index (χ0) is 27.4. The molecule has 40 heavy (non-hydrogen) atoms. The fourth-order valence-electron chi connectivity index (χ4n) is 5.33. The van der Waals surface area contributed by atoms with E-state index in [0.717, 1.165) is 56.2 Å². The molecule has 7 rings (SSSR count). The van der Waals surface area contributed by atoms with Crippen LogP contribution >= 0.6 is 0 Å². The molecule has 0 saturated carbocycles. The summed E-state index contributed by atoms with van der Waals surface area (Å²) in [5.74, 6) is 2.35. The van der Waals surface area contributed by atoms with Gasteiger partial charge in [-0.1, -0.05) is 45.0 Å². The molecular formula is C34H29N5O. The zero-order valence-corrected chi connectivity index (χ0v) is 23.0. The van der Waals surface area contributed by atoms with Crippen molar-refractivity contribution in [1.82, 2.24) is 19.1 Å². The summed E-state index contributed by atoms with van der Waals surface area (Å²) in [6.45, 7) is 6.64. The van der Waals surface area contributed by atoms with Crippen LogP contribution in [-0.2, 0) is 12.5 Å². The molecule has 5 aromatic heterocycles. The number of hydrogen-bond acceptors (Lipinski definition) is 3. The van der Waals surface area contributed by atoms with Crippen LogP contribution in [0.4, 0.5) is 0 Å². The topological polar surface area (TPSA) is 49.0 Å². The average Bonchev–Trinajstić information content (AvgIpc) is 3.47. The third-order valence-corrected chi connectivity index (χ3v) is 7.43. The maximum absolute atomic E-state index is 6.44. The fraction of sp³-hybridized carbons (Fsp3) is 0.147. The second kappa shape index (κ2) is 9.06. The van der Waals surface area contributed by atoms with E-state index in [1.54, 1.807) is 0 Å². The molecule has 0 aliphatic rings. The minimum Gasteiger partial charge on any atom is -0.458 e. The molecule has 0 aliphatic carbocycles. The van der Waals surface area contributed by atoms with Crippen LogP contribution in [0.2, 0.25) is 0 Å². The standard InChI is InChI=1S/C34H29N5O/c1-34(2,3)24-15-17-35-31(20-24)39-29-21-26(13-14-27(29)28-11-8-16-36-33(28)39)40-25-10-7-9-23(19-25)30-22-38-18-6-5-12-32(38)37(30)4/h5-21H,1-4H3. The van der Waals surface area contributed by atoms with Crippen LogP contribution in [0.15, 0.2) is 104 Å². The van der Waals surface area contributed by atoms with Crippen LogP contribution in [0.5, 0.6) is 11.5 Å². The van der Waals surface area contributed by atoms with Gasteiger partial charge in [-0.25, -0.2) is 9.97 Å². The van der Waals surface area contributed by atoms with Crippen molar-refractivity contribution in [2.75, 3.05) is 0 Å². The molecule has 0 bridgehead atoms. The van der Waals surface area contributed by atoms with Crippen molar-refractivity contribution in [2.24, 2.45) is 7.05 Å². The van der Waals surface area contributed by atoms with Crippen molar-refractivity contribution in [3.05, 3.63) is 115 Å². The number of aromatic nitrogens is 5. The van der Waals surface area contributed by atoms with Gasteiger partial charge in [-0.2, -0.15) is 0 Å². The predicted octanol–water partition coefficient (Wildman–Crippen LogP) is 7.21. The van der Waals surface area contributed by atoms with Crippen molar-refractivity contribution >= 4 is 27.6 Å². The first-order valence-corrected chi connectivity index (χ1v) is 13.4. The lowest BCUT2D eigenvalue weighted by atomic mass is 9.88. The highest BCUT2D eigenvalue weighted by Gasteiger charge is 2.19. The van der Waals surface area contributed by atoms with E-state index >= 15 is 0 Å². The Labute approximate surface area is 232 Å². The van der Waals surface area contributed by atoms with Crippen LogP contribution in [0.3, 0.4) is 0 Å². The molecular weight excluding hydrogens is 494 g/mol. The molecule has 6 nitrogen and oxygen atoms in total. The van der Waals surface area contributed by atoms with E-state index in [4.69, 9.17) is 14.7 Å². The van der Waals surface area contributed by atoms with Gasteiger partial charge in [0.15, 0.2) is 0 Å². The fourth-order valence-corrected chi connectivity index (χ4v) is 5.33. The number of nitrogens with zero attached hydrogens (tertiary/aromatic N) is 5. The van der Waals surface area contributed by atoms with Gasteiger partial charge in [-0.15, -0.1) is 0 Å². The number of aryl methyl sites for hydroxylation is 1. The number of rotatable bonds is 4. The lowest BCUT2D eigenvalue weighted by molar-refractivity contribution is -0.514. The Hall–Kier alpha value is -4.97. The zero-order valence-electron chi connectivity index (χ0n) is 23.0. The minimum absolute atomic E-state index is 0.00327. The summed E-state index contributed by atoms with van der Waals surface area (Å²) in [4.78, 5) is 9.50. The summed E-state index contributed by atoms with van der Waals surface area (Å²) in [5, 5.41) is 2.19. The highest BCUT2D eigenvalue weighted by atomic mass is 16.5. The first kappa shape index (κ1) is 24.1. The van der Waals surface area contributed by atoms with Gasteiger partial charge in [0.1, 0.15) is 23.0 Å². The monoisotopic (exact) mass is 523 g/mol. The lowest BCUT2D eigenvalue weighted by Crippen LogP contribution is -2.17. The molecule has 6 heteroatoms. The average molecular weight is 524 g/mol. The Balaban J connectivity index is 1.32. The van der Waals surface area contributed by atoms with Gasteiger partial charge in [0.2, 0.25) is 5.65 Å². The Morgan fingerprint density at radius 1 is 0.800 bits per heavy atom. The van der Waals surface area contributed by atoms with Gasteiger partial charge >= 0.3 is 0 Å². The summed E-state index contributed by atoms with van der Waals surface area (Å²) in [6.07, 6.45) is 9.18. The molecule has 0 radical (unpaired) electrons. The van der Waals surface area contributed by atoms with E-state index < -0.39 is 0 Å². The van der Waals surface area contributed by atoms with E-state index in [-0.39, 0.29) is 5.41 Å². The van der Waals surface area contributed by atoms with E-state index in [9.17, 15) is 0 Å². The molecule has 0 fully saturated rings. The van der Waals surface area contributed by atoms with Gasteiger partial charge in [0.25, 0.3) is 0 Å². The first-order valence-electron chi connectivity index (χ1n) is 13.4. The largest absolute Gasteiger partial charge is 0.458 e. The van der Waals surface area contributed by atoms with Crippen LogP contribution < -0.4 is 9.14 Å². The number of imidazole rings is 1. The SMILES string of the molecule is Cn1c(-c2cccc(Oc3ccc4c5cccnc5n(-c5cc(C(C)(C)C)ccn5)c4c3)c2)[c-][n+]2ccccc12. The Morgan fingerprint density at radius 3 is 2.52 bits per heavy atom. The predicted molar refractivity (Wildman–Crippen MR) is 158 cm³/mol. The molecule has 0 spiro atoms. The highest BCUT2D eigenvalue weighted by Crippen LogP contribution is 2.35. The van der Waals surface area contributed by atoms with Gasteiger partial charge in [-0.05, 0) is 71.1 Å². The summed E-state index contributed by atoms with van der Waals surface area (Å²) < 4.78 is 12.7. The molecule has 2 aromatic carbocycles. The number of hydrogen-bond donors (Lipinski definition) is 0. The van der Waals surface area contributed by atoms with Gasteiger partial charge in [-0.3, -0.25) is 9.13 Å². The second-order valence-corrected chi connectivity index (χ2v) is 11.1. The van der Waals surface area contributed by atoms with Gasteiger partial charge in [0, 0.05) is 35.4 Å². The smallest absolute Gasteiger partial charge is 0.205 e. The molecule has 0 amide bonds. The summed E-state index contributed by atoms with van der Waals surface area (Å²) in [6, 6.07) is 28.8. The summed E-state index contributed by atoms with van der Waals surface area (Å²) in [7, 11) is 2.05. The molecule has 0 saturated heterocycles.